The molecule has 0 saturated heterocycles. The highest BCUT2D eigenvalue weighted by atomic mass is 16.5. The Morgan fingerprint density at radius 1 is 1.21 bits per heavy atom. The van der Waals surface area contributed by atoms with Crippen LogP contribution in [0.4, 0.5) is 0 Å². The van der Waals surface area contributed by atoms with Gasteiger partial charge >= 0.3 is 0 Å². The average molecular weight is 578 g/mol. The fraction of sp³-hybridized carbons (Fsp3) is 0.516. The van der Waals surface area contributed by atoms with E-state index in [1.807, 2.05) is 13.8 Å². The number of hydrogen-bond acceptors (Lipinski definition) is 10. The van der Waals surface area contributed by atoms with Gasteiger partial charge in [0.1, 0.15) is 29.9 Å². The van der Waals surface area contributed by atoms with Gasteiger partial charge in [0.05, 0.1) is 48.9 Å². The SMILES string of the molecule is CCC1(CC)CC(=O)N([C@H]2c3cc(C(O)N[C@@H]4c5cc(C#N)ccc5OC[C@@]4(C)O)ccc3OC[C@H]2COC)C(N)=N1. The predicted octanol–water partition coefficient (Wildman–Crippen LogP) is 2.83. The standard InChI is InChI=1S/C31H39N5O6/c1-5-31(6-2)13-25(37)36(29(33)35-31)26-20(15-40-4)16-41-23-10-8-19(12-21(23)26)28(38)34-27-22-11-18(14-32)7-9-24(22)42-17-30(27,3)39/h7-12,20,26-28,34,38-39H,5-6,13,15-17H2,1-4H3,(H2,33,35)/t20-,26-,27-,28?,30-/m1/s1. The number of nitrogens with two attached hydrogens (primary N) is 1. The molecule has 0 aromatic heterocycles. The summed E-state index contributed by atoms with van der Waals surface area (Å²) in [7, 11) is 1.60. The minimum atomic E-state index is -1.37. The van der Waals surface area contributed by atoms with Gasteiger partial charge in [-0.25, -0.2) is 4.99 Å². The third-order valence-electron chi connectivity index (χ3n) is 8.81. The minimum absolute atomic E-state index is 0.00177. The van der Waals surface area contributed by atoms with E-state index in [9.17, 15) is 20.3 Å². The number of aliphatic hydroxyl groups excluding tert-OH is 1. The fourth-order valence-corrected chi connectivity index (χ4v) is 6.27. The maximum atomic E-state index is 13.7. The van der Waals surface area contributed by atoms with Gasteiger partial charge in [-0.3, -0.25) is 15.0 Å². The number of aliphatic hydroxyl groups is 2. The van der Waals surface area contributed by atoms with Crippen molar-refractivity contribution in [3.8, 4) is 17.6 Å². The molecule has 0 aliphatic carbocycles. The minimum Gasteiger partial charge on any atom is -0.493 e. The first-order chi connectivity index (χ1) is 20.1. The molecule has 0 spiro atoms. The smallest absolute Gasteiger partial charge is 0.232 e. The van der Waals surface area contributed by atoms with E-state index in [-0.39, 0.29) is 30.8 Å². The third kappa shape index (κ3) is 5.31. The molecule has 0 saturated carbocycles. The molecule has 1 amide bonds. The quantitative estimate of drug-likeness (QED) is 0.346. The molecule has 2 aromatic carbocycles. The molecular weight excluding hydrogens is 538 g/mol. The number of ether oxygens (including phenoxy) is 3. The van der Waals surface area contributed by atoms with E-state index in [2.05, 4.69) is 11.4 Å². The second-order valence-corrected chi connectivity index (χ2v) is 11.6. The van der Waals surface area contributed by atoms with Gasteiger partial charge in [-0.1, -0.05) is 19.9 Å². The highest BCUT2D eigenvalue weighted by molar-refractivity contribution is 5.99. The summed E-state index contributed by atoms with van der Waals surface area (Å²) in [5.74, 6) is 0.927. The van der Waals surface area contributed by atoms with Crippen LogP contribution in [-0.4, -0.2) is 65.1 Å². The molecule has 5 atom stereocenters. The highest BCUT2D eigenvalue weighted by Crippen LogP contribution is 2.44. The van der Waals surface area contributed by atoms with E-state index in [1.54, 1.807) is 55.3 Å². The van der Waals surface area contributed by atoms with E-state index >= 15 is 0 Å². The van der Waals surface area contributed by atoms with Gasteiger partial charge < -0.3 is 30.2 Å². The first-order valence-corrected chi connectivity index (χ1v) is 14.3. The Balaban J connectivity index is 1.51. The van der Waals surface area contributed by atoms with Gasteiger partial charge in [-0.05, 0) is 55.7 Å². The number of nitrogens with one attached hydrogen (secondary N) is 1. The third-order valence-corrected chi connectivity index (χ3v) is 8.81. The Bertz CT molecular complexity index is 1420. The van der Waals surface area contributed by atoms with Crippen LogP contribution in [-0.2, 0) is 9.53 Å². The van der Waals surface area contributed by atoms with Crippen molar-refractivity contribution in [2.24, 2.45) is 16.6 Å². The number of fused-ring (bicyclic) bond motifs is 2. The molecule has 3 aliphatic heterocycles. The van der Waals surface area contributed by atoms with Crippen LogP contribution in [0, 0.1) is 17.2 Å². The van der Waals surface area contributed by atoms with Crippen LogP contribution in [0.2, 0.25) is 0 Å². The zero-order valence-corrected chi connectivity index (χ0v) is 24.5. The zero-order valence-electron chi connectivity index (χ0n) is 24.5. The summed E-state index contributed by atoms with van der Waals surface area (Å²) in [6, 6.07) is 11.1. The van der Waals surface area contributed by atoms with Gasteiger partial charge in [-0.15, -0.1) is 0 Å². The number of carbonyl (C=O) groups excluding carboxylic acids is 1. The summed E-state index contributed by atoms with van der Waals surface area (Å²) in [4.78, 5) is 20.0. The van der Waals surface area contributed by atoms with E-state index in [0.717, 1.165) is 0 Å². The summed E-state index contributed by atoms with van der Waals surface area (Å²) < 4.78 is 17.3. The topological polar surface area (TPSA) is 163 Å². The Morgan fingerprint density at radius 3 is 2.60 bits per heavy atom. The van der Waals surface area contributed by atoms with Crippen LogP contribution in [0.1, 0.15) is 80.6 Å². The van der Waals surface area contributed by atoms with Gasteiger partial charge in [0.25, 0.3) is 0 Å². The predicted molar refractivity (Wildman–Crippen MR) is 155 cm³/mol. The summed E-state index contributed by atoms with van der Waals surface area (Å²) in [5, 5.41) is 35.2. The molecule has 1 unspecified atom stereocenters. The van der Waals surface area contributed by atoms with Crippen LogP contribution < -0.4 is 20.5 Å². The Hall–Kier alpha value is -3.69. The molecule has 0 radical (unpaired) electrons. The number of nitriles is 1. The number of methoxy groups -OCH3 is 1. The second-order valence-electron chi connectivity index (χ2n) is 11.6. The molecule has 0 fully saturated rings. The van der Waals surface area contributed by atoms with Gasteiger partial charge in [-0.2, -0.15) is 5.26 Å². The lowest BCUT2D eigenvalue weighted by atomic mass is 9.84. The molecule has 11 nitrogen and oxygen atoms in total. The Morgan fingerprint density at radius 2 is 1.93 bits per heavy atom. The first-order valence-electron chi connectivity index (χ1n) is 14.3. The molecule has 224 valence electrons. The molecule has 0 bridgehead atoms. The second kappa shape index (κ2) is 11.5. The Labute approximate surface area is 245 Å². The number of hydrogen-bond donors (Lipinski definition) is 4. The van der Waals surface area contributed by atoms with Crippen LogP contribution >= 0.6 is 0 Å². The summed E-state index contributed by atoms with van der Waals surface area (Å²) in [5.41, 5.74) is 6.78. The Kier molecular flexibility index (Phi) is 8.18. The summed E-state index contributed by atoms with van der Waals surface area (Å²) in [6.07, 6.45) is 0.432. The number of rotatable bonds is 8. The van der Waals surface area contributed by atoms with Gasteiger partial charge in [0, 0.05) is 24.2 Å². The molecule has 42 heavy (non-hydrogen) atoms. The number of guanidine groups is 1. The van der Waals surface area contributed by atoms with E-state index in [1.165, 1.54) is 0 Å². The van der Waals surface area contributed by atoms with E-state index < -0.39 is 29.5 Å². The molecule has 3 heterocycles. The molecule has 3 aliphatic rings. The number of carbonyl (C=O) groups is 1. The van der Waals surface area contributed by atoms with Gasteiger partial charge in [0.15, 0.2) is 5.96 Å². The van der Waals surface area contributed by atoms with Crippen molar-refractivity contribution in [3.63, 3.8) is 0 Å². The van der Waals surface area contributed by atoms with E-state index in [0.29, 0.717) is 59.8 Å². The lowest BCUT2D eigenvalue weighted by molar-refractivity contribution is -0.133. The van der Waals surface area contributed by atoms with Crippen LogP contribution in [0.15, 0.2) is 41.4 Å². The molecular formula is C31H39N5O6. The number of aliphatic imine (C=N–C) groups is 1. The summed E-state index contributed by atoms with van der Waals surface area (Å²) >= 11 is 0. The van der Waals surface area contributed by atoms with Crippen molar-refractivity contribution >= 4 is 11.9 Å². The molecule has 5 rings (SSSR count). The van der Waals surface area contributed by atoms with Crippen LogP contribution in [0.5, 0.6) is 11.5 Å². The van der Waals surface area contributed by atoms with Crippen molar-refractivity contribution in [3.05, 3.63) is 58.7 Å². The normalized spacial score (nSPS) is 27.1. The van der Waals surface area contributed by atoms with E-state index in [4.69, 9.17) is 24.9 Å². The highest BCUT2D eigenvalue weighted by Gasteiger charge is 2.46. The maximum Gasteiger partial charge on any atom is 0.232 e. The number of amides is 1. The summed E-state index contributed by atoms with van der Waals surface area (Å²) in [6.45, 7) is 6.28. The molecule has 11 heteroatoms. The monoisotopic (exact) mass is 577 g/mol. The first kappa shape index (κ1) is 29.8. The van der Waals surface area contributed by atoms with Crippen molar-refractivity contribution < 1.29 is 29.2 Å². The van der Waals surface area contributed by atoms with Crippen molar-refractivity contribution in [1.82, 2.24) is 10.2 Å². The lowest BCUT2D eigenvalue weighted by Crippen LogP contribution is -2.55. The number of nitrogens with zero attached hydrogens (tertiary/aromatic N) is 3. The van der Waals surface area contributed by atoms with Gasteiger partial charge in [0.2, 0.25) is 5.91 Å². The number of benzene rings is 2. The zero-order chi connectivity index (χ0) is 30.2. The lowest BCUT2D eigenvalue weighted by Gasteiger charge is -2.44. The van der Waals surface area contributed by atoms with Crippen molar-refractivity contribution in [1.29, 1.82) is 5.26 Å². The maximum absolute atomic E-state index is 13.7. The average Bonchev–Trinajstić information content (AvgIpc) is 2.98. The van der Waals surface area contributed by atoms with Crippen LogP contribution in [0.25, 0.3) is 0 Å². The van der Waals surface area contributed by atoms with Crippen LogP contribution in [0.3, 0.4) is 0 Å². The molecule has 5 N–H and O–H groups in total. The van der Waals surface area contributed by atoms with Crippen molar-refractivity contribution in [2.45, 2.75) is 69.5 Å². The fourth-order valence-electron chi connectivity index (χ4n) is 6.27. The molecule has 2 aromatic rings. The largest absolute Gasteiger partial charge is 0.493 e. The van der Waals surface area contributed by atoms with Crippen molar-refractivity contribution in [2.75, 3.05) is 26.9 Å².